The van der Waals surface area contributed by atoms with Crippen molar-refractivity contribution in [3.05, 3.63) is 68.9 Å². The summed E-state index contributed by atoms with van der Waals surface area (Å²) < 4.78 is 1.76. The number of likely N-dealkylation sites (tertiary alicyclic amines) is 1. The van der Waals surface area contributed by atoms with Gasteiger partial charge < -0.3 is 4.90 Å². The van der Waals surface area contributed by atoms with Crippen molar-refractivity contribution in [3.8, 4) is 11.3 Å². The molecule has 4 heterocycles. The summed E-state index contributed by atoms with van der Waals surface area (Å²) in [5.41, 5.74) is 0.827. The number of fused-ring (bicyclic) bond motifs is 2. The number of amides is 1. The summed E-state index contributed by atoms with van der Waals surface area (Å²) in [6.07, 6.45) is 1.65. The van der Waals surface area contributed by atoms with E-state index >= 15 is 0 Å². The minimum Gasteiger partial charge on any atom is -0.337 e. The smallest absolute Gasteiger partial charge is 0.280 e. The zero-order valence-electron chi connectivity index (χ0n) is 14.7. The Morgan fingerprint density at radius 1 is 1.04 bits per heavy atom. The van der Waals surface area contributed by atoms with Gasteiger partial charge in [0.25, 0.3) is 11.5 Å². The van der Waals surface area contributed by atoms with Gasteiger partial charge >= 0.3 is 0 Å². The van der Waals surface area contributed by atoms with Crippen LogP contribution in [0.5, 0.6) is 0 Å². The average Bonchev–Trinajstić information content (AvgIpc) is 3.44. The Morgan fingerprint density at radius 2 is 1.85 bits per heavy atom. The Hall–Kier alpha value is -2.80. The van der Waals surface area contributed by atoms with Crippen LogP contribution in [-0.4, -0.2) is 38.7 Å². The number of nitrogens with zero attached hydrogens (tertiary/aromatic N) is 4. The molecule has 5 rings (SSSR count). The van der Waals surface area contributed by atoms with Gasteiger partial charge in [-0.25, -0.2) is 0 Å². The lowest BCUT2D eigenvalue weighted by Crippen LogP contribution is -2.35. The Balaban J connectivity index is 1.48. The molecule has 1 atom stereocenters. The van der Waals surface area contributed by atoms with Gasteiger partial charge in [0.15, 0.2) is 5.69 Å². The second kappa shape index (κ2) is 6.13. The molecule has 0 N–H and O–H groups in total. The van der Waals surface area contributed by atoms with E-state index in [2.05, 4.69) is 10.2 Å². The Morgan fingerprint density at radius 3 is 2.63 bits per heavy atom. The van der Waals surface area contributed by atoms with Gasteiger partial charge in [0.05, 0.1) is 10.3 Å². The van der Waals surface area contributed by atoms with E-state index in [1.54, 1.807) is 4.57 Å². The van der Waals surface area contributed by atoms with Crippen molar-refractivity contribution in [2.75, 3.05) is 13.1 Å². The zero-order valence-corrected chi connectivity index (χ0v) is 15.5. The first-order valence-electron chi connectivity index (χ1n) is 9.04. The molecule has 2 aromatic heterocycles. The van der Waals surface area contributed by atoms with E-state index in [0.29, 0.717) is 25.3 Å². The maximum Gasteiger partial charge on any atom is 0.280 e. The summed E-state index contributed by atoms with van der Waals surface area (Å²) in [4.78, 5) is 28.3. The number of rotatable bonds is 2. The summed E-state index contributed by atoms with van der Waals surface area (Å²) in [5, 5.41) is 10.7. The van der Waals surface area contributed by atoms with Crippen LogP contribution in [0.4, 0.5) is 0 Å². The molecule has 0 unspecified atom stereocenters. The Labute approximate surface area is 160 Å². The highest BCUT2D eigenvalue weighted by molar-refractivity contribution is 7.12. The molecule has 2 aliphatic heterocycles. The molecule has 7 heteroatoms. The normalized spacial score (nSPS) is 21.0. The highest BCUT2D eigenvalue weighted by Crippen LogP contribution is 2.41. The molecule has 0 aliphatic carbocycles. The monoisotopic (exact) mass is 378 g/mol. The van der Waals surface area contributed by atoms with E-state index in [0.717, 1.165) is 29.1 Å². The Kier molecular flexibility index (Phi) is 3.72. The second-order valence-electron chi connectivity index (χ2n) is 7.18. The fourth-order valence-corrected chi connectivity index (χ4v) is 4.91. The molecule has 1 spiro atoms. The van der Waals surface area contributed by atoms with Crippen molar-refractivity contribution in [2.45, 2.75) is 24.8 Å². The molecule has 3 aromatic rings. The standard InChI is InChI=1S/C20H18N4O2S/c25-17(15-7-4-12-27-15)23-10-8-20(13-23)9-11-24-18(26)16(21-22-19(20)24)14-5-2-1-3-6-14/h1-7,12H,8-11,13H2/t20-/m1/s1. The van der Waals surface area contributed by atoms with Crippen molar-refractivity contribution in [3.63, 3.8) is 0 Å². The van der Waals surface area contributed by atoms with Crippen LogP contribution in [0, 0.1) is 0 Å². The zero-order chi connectivity index (χ0) is 18.4. The predicted molar refractivity (Wildman–Crippen MR) is 103 cm³/mol. The number of carbonyl (C=O) groups is 1. The fraction of sp³-hybridized carbons (Fsp3) is 0.300. The summed E-state index contributed by atoms with van der Waals surface area (Å²) in [6, 6.07) is 13.2. The second-order valence-corrected chi connectivity index (χ2v) is 8.13. The van der Waals surface area contributed by atoms with E-state index in [9.17, 15) is 9.59 Å². The Bertz CT molecular complexity index is 1060. The maximum atomic E-state index is 13.0. The molecule has 1 fully saturated rings. The third-order valence-electron chi connectivity index (χ3n) is 5.66. The lowest BCUT2D eigenvalue weighted by atomic mass is 9.85. The molecule has 0 radical (unpaired) electrons. The lowest BCUT2D eigenvalue weighted by Gasteiger charge is -2.22. The van der Waals surface area contributed by atoms with Crippen molar-refractivity contribution in [2.24, 2.45) is 0 Å². The summed E-state index contributed by atoms with van der Waals surface area (Å²) in [5.74, 6) is 0.796. The van der Waals surface area contributed by atoms with E-state index < -0.39 is 0 Å². The van der Waals surface area contributed by atoms with Gasteiger partial charge in [0.2, 0.25) is 0 Å². The lowest BCUT2D eigenvalue weighted by molar-refractivity contribution is 0.0787. The third kappa shape index (κ3) is 2.53. The van der Waals surface area contributed by atoms with Gasteiger partial charge in [-0.15, -0.1) is 21.5 Å². The molecule has 1 saturated heterocycles. The van der Waals surface area contributed by atoms with Crippen LogP contribution < -0.4 is 5.56 Å². The summed E-state index contributed by atoms with van der Waals surface area (Å²) in [6.45, 7) is 1.92. The van der Waals surface area contributed by atoms with Crippen molar-refractivity contribution in [1.82, 2.24) is 19.7 Å². The van der Waals surface area contributed by atoms with Crippen LogP contribution >= 0.6 is 11.3 Å². The quantitative estimate of drug-likeness (QED) is 0.687. The van der Waals surface area contributed by atoms with E-state index in [-0.39, 0.29) is 16.9 Å². The molecule has 0 saturated carbocycles. The number of benzene rings is 1. The van der Waals surface area contributed by atoms with Crippen LogP contribution in [0.15, 0.2) is 52.6 Å². The van der Waals surface area contributed by atoms with Crippen LogP contribution in [0.3, 0.4) is 0 Å². The highest BCUT2D eigenvalue weighted by Gasteiger charge is 2.48. The van der Waals surface area contributed by atoms with Gasteiger partial charge in [-0.1, -0.05) is 36.4 Å². The molecule has 1 amide bonds. The highest BCUT2D eigenvalue weighted by atomic mass is 32.1. The molecule has 0 bridgehead atoms. The van der Waals surface area contributed by atoms with Gasteiger partial charge in [-0.2, -0.15) is 0 Å². The van der Waals surface area contributed by atoms with Crippen molar-refractivity contribution in [1.29, 1.82) is 0 Å². The topological polar surface area (TPSA) is 68.1 Å². The van der Waals surface area contributed by atoms with Gasteiger partial charge in [0.1, 0.15) is 5.82 Å². The number of hydrogen-bond donors (Lipinski definition) is 0. The van der Waals surface area contributed by atoms with Crippen LogP contribution in [-0.2, 0) is 12.0 Å². The summed E-state index contributed by atoms with van der Waals surface area (Å²) >= 11 is 1.46. The minimum absolute atomic E-state index is 0.0662. The average molecular weight is 378 g/mol. The van der Waals surface area contributed by atoms with Gasteiger partial charge in [-0.05, 0) is 24.3 Å². The number of hydrogen-bond acceptors (Lipinski definition) is 5. The molecular weight excluding hydrogens is 360 g/mol. The molecule has 27 heavy (non-hydrogen) atoms. The molecule has 6 nitrogen and oxygen atoms in total. The fourth-order valence-electron chi connectivity index (χ4n) is 4.22. The maximum absolute atomic E-state index is 13.0. The summed E-state index contributed by atoms with van der Waals surface area (Å²) in [7, 11) is 0. The van der Waals surface area contributed by atoms with Crippen LogP contribution in [0.1, 0.15) is 28.3 Å². The first-order chi connectivity index (χ1) is 13.2. The van der Waals surface area contributed by atoms with Crippen LogP contribution in [0.2, 0.25) is 0 Å². The van der Waals surface area contributed by atoms with Gasteiger partial charge in [0, 0.05) is 25.2 Å². The number of aromatic nitrogens is 3. The van der Waals surface area contributed by atoms with E-state index in [1.807, 2.05) is 52.7 Å². The molecule has 1 aromatic carbocycles. The van der Waals surface area contributed by atoms with E-state index in [4.69, 9.17) is 0 Å². The SMILES string of the molecule is O=C(c1cccs1)N1CC[C@@]2(CCn3c2nnc(-c2ccccc2)c3=O)C1. The number of thiophene rings is 1. The predicted octanol–water partition coefficient (Wildman–Crippen LogP) is 2.55. The number of carbonyl (C=O) groups excluding carboxylic acids is 1. The molecule has 136 valence electrons. The third-order valence-corrected chi connectivity index (χ3v) is 6.51. The van der Waals surface area contributed by atoms with Gasteiger partial charge in [-0.3, -0.25) is 14.2 Å². The first kappa shape index (κ1) is 16.4. The van der Waals surface area contributed by atoms with Crippen LogP contribution in [0.25, 0.3) is 11.3 Å². The van der Waals surface area contributed by atoms with Crippen molar-refractivity contribution >= 4 is 17.2 Å². The first-order valence-corrected chi connectivity index (χ1v) is 9.92. The minimum atomic E-state index is -0.256. The molecular formula is C20H18N4O2S. The van der Waals surface area contributed by atoms with E-state index in [1.165, 1.54) is 11.3 Å². The largest absolute Gasteiger partial charge is 0.337 e. The molecule has 2 aliphatic rings. The van der Waals surface area contributed by atoms with Crippen molar-refractivity contribution < 1.29 is 4.79 Å².